The molecule has 1 N–H and O–H groups in total. The van der Waals surface area contributed by atoms with E-state index >= 15 is 0 Å². The molecular weight excluding hydrogens is 303 g/mol. The lowest BCUT2D eigenvalue weighted by Crippen LogP contribution is -2.45. The van der Waals surface area contributed by atoms with Crippen LogP contribution >= 0.6 is 0 Å². The minimum Gasteiger partial charge on any atom is -0.453 e. The Kier molecular flexibility index (Phi) is 5.12. The van der Waals surface area contributed by atoms with Crippen molar-refractivity contribution in [1.82, 2.24) is 4.90 Å². The van der Waals surface area contributed by atoms with E-state index in [0.717, 1.165) is 0 Å². The van der Waals surface area contributed by atoms with Gasteiger partial charge in [0.05, 0.1) is 0 Å². The zero-order chi connectivity index (χ0) is 16.3. The van der Waals surface area contributed by atoms with Gasteiger partial charge in [0.1, 0.15) is 12.4 Å². The number of carbonyl (C=O) groups excluding carboxylic acids is 1. The summed E-state index contributed by atoms with van der Waals surface area (Å²) in [5.41, 5.74) is 0. The molecule has 1 fully saturated rings. The van der Waals surface area contributed by atoms with E-state index in [2.05, 4.69) is 0 Å². The van der Waals surface area contributed by atoms with Crippen LogP contribution in [0.15, 0.2) is 16.5 Å². The lowest BCUT2D eigenvalue weighted by molar-refractivity contribution is -0.222. The number of likely N-dealkylation sites (tertiary alicyclic amines) is 1. The highest BCUT2D eigenvalue weighted by Crippen LogP contribution is 2.32. The van der Waals surface area contributed by atoms with E-state index in [1.807, 2.05) is 0 Å². The van der Waals surface area contributed by atoms with Crippen LogP contribution in [0.25, 0.3) is 0 Å². The van der Waals surface area contributed by atoms with Crippen molar-refractivity contribution in [3.05, 3.63) is 23.7 Å². The van der Waals surface area contributed by atoms with Gasteiger partial charge < -0.3 is 19.2 Å². The Balaban J connectivity index is 1.92. The van der Waals surface area contributed by atoms with Crippen molar-refractivity contribution in [3.8, 4) is 0 Å². The highest BCUT2D eigenvalue weighted by atomic mass is 19.4. The quantitative estimate of drug-likeness (QED) is 0.923. The van der Waals surface area contributed by atoms with Gasteiger partial charge in [-0.2, -0.15) is 13.2 Å². The van der Waals surface area contributed by atoms with Crippen molar-refractivity contribution < 1.29 is 32.2 Å². The van der Waals surface area contributed by atoms with Gasteiger partial charge in [-0.25, -0.2) is 0 Å². The van der Waals surface area contributed by atoms with Crippen molar-refractivity contribution in [1.29, 1.82) is 0 Å². The molecular formula is C14H18F3NO4. The molecule has 0 bridgehead atoms. The summed E-state index contributed by atoms with van der Waals surface area (Å²) >= 11 is 0. The monoisotopic (exact) mass is 321 g/mol. The predicted octanol–water partition coefficient (Wildman–Crippen LogP) is 2.20. The minimum atomic E-state index is -4.62. The molecule has 0 radical (unpaired) electrons. The molecule has 1 unspecified atom stereocenters. The maximum Gasteiger partial charge on any atom is 0.414 e. The first-order chi connectivity index (χ1) is 10.3. The third kappa shape index (κ3) is 3.80. The van der Waals surface area contributed by atoms with Crippen molar-refractivity contribution in [2.45, 2.75) is 31.7 Å². The Labute approximate surface area is 125 Å². The molecule has 2 rings (SSSR count). The summed E-state index contributed by atoms with van der Waals surface area (Å²) < 4.78 is 47.6. The second kappa shape index (κ2) is 6.70. The average Bonchev–Trinajstić information content (AvgIpc) is 2.94. The molecule has 1 aromatic rings. The highest BCUT2D eigenvalue weighted by molar-refractivity contribution is 5.91. The van der Waals surface area contributed by atoms with Crippen LogP contribution in [0.5, 0.6) is 0 Å². The number of methoxy groups -OCH3 is 1. The van der Waals surface area contributed by atoms with Crippen LogP contribution in [-0.2, 0) is 11.3 Å². The molecule has 8 heteroatoms. The summed E-state index contributed by atoms with van der Waals surface area (Å²) in [6.07, 6.45) is -6.73. The van der Waals surface area contributed by atoms with Crippen molar-refractivity contribution in [3.63, 3.8) is 0 Å². The summed E-state index contributed by atoms with van der Waals surface area (Å²) in [5.74, 6) is -0.581. The molecule has 0 aromatic carbocycles. The molecule has 124 valence electrons. The van der Waals surface area contributed by atoms with E-state index in [4.69, 9.17) is 9.15 Å². The van der Waals surface area contributed by atoms with Gasteiger partial charge in [0.15, 0.2) is 11.9 Å². The Hall–Kier alpha value is -1.54. The Morgan fingerprint density at radius 1 is 1.45 bits per heavy atom. The van der Waals surface area contributed by atoms with E-state index in [1.54, 1.807) is 6.07 Å². The lowest BCUT2D eigenvalue weighted by Gasteiger charge is -2.34. The van der Waals surface area contributed by atoms with Gasteiger partial charge in [0, 0.05) is 20.2 Å². The van der Waals surface area contributed by atoms with Crippen LogP contribution in [0.4, 0.5) is 13.2 Å². The van der Waals surface area contributed by atoms with E-state index in [1.165, 1.54) is 18.1 Å². The highest BCUT2D eigenvalue weighted by Gasteiger charge is 2.44. The van der Waals surface area contributed by atoms with Crippen LogP contribution in [0.2, 0.25) is 0 Å². The second-order valence-electron chi connectivity index (χ2n) is 5.32. The number of furan rings is 1. The molecule has 1 saturated heterocycles. The molecule has 1 atom stereocenters. The molecule has 1 amide bonds. The molecule has 1 aromatic heterocycles. The maximum absolute atomic E-state index is 12.5. The summed E-state index contributed by atoms with van der Waals surface area (Å²) in [6.45, 7) is 0.570. The number of aliphatic hydroxyl groups is 1. The number of carbonyl (C=O) groups is 1. The summed E-state index contributed by atoms with van der Waals surface area (Å²) in [7, 11) is 1.50. The Bertz CT molecular complexity index is 506. The Morgan fingerprint density at radius 3 is 2.64 bits per heavy atom. The van der Waals surface area contributed by atoms with Crippen molar-refractivity contribution in [2.24, 2.45) is 5.92 Å². The third-order valence-corrected chi connectivity index (χ3v) is 3.77. The van der Waals surface area contributed by atoms with Gasteiger partial charge in [-0.05, 0) is 30.9 Å². The molecule has 22 heavy (non-hydrogen) atoms. The lowest BCUT2D eigenvalue weighted by atomic mass is 9.91. The van der Waals surface area contributed by atoms with Crippen molar-refractivity contribution >= 4 is 5.91 Å². The molecule has 1 aliphatic rings. The molecule has 2 heterocycles. The third-order valence-electron chi connectivity index (χ3n) is 3.77. The first-order valence-corrected chi connectivity index (χ1v) is 6.94. The zero-order valence-corrected chi connectivity index (χ0v) is 12.1. The molecule has 5 nitrogen and oxygen atoms in total. The van der Waals surface area contributed by atoms with Crippen LogP contribution in [-0.4, -0.2) is 48.4 Å². The fourth-order valence-electron chi connectivity index (χ4n) is 2.55. The smallest absolute Gasteiger partial charge is 0.414 e. The predicted molar refractivity (Wildman–Crippen MR) is 70.1 cm³/mol. The number of alkyl halides is 3. The summed E-state index contributed by atoms with van der Waals surface area (Å²) in [5, 5.41) is 9.25. The number of hydrogen-bond donors (Lipinski definition) is 1. The summed E-state index contributed by atoms with van der Waals surface area (Å²) in [4.78, 5) is 13.6. The topological polar surface area (TPSA) is 62.9 Å². The van der Waals surface area contributed by atoms with Crippen LogP contribution < -0.4 is 0 Å². The fourth-order valence-corrected chi connectivity index (χ4v) is 2.55. The SMILES string of the molecule is COCc1ccc(C(=O)N2CCC(C(O)C(F)(F)F)CC2)o1. The number of halogens is 3. The van der Waals surface area contributed by atoms with E-state index in [9.17, 15) is 23.1 Å². The Morgan fingerprint density at radius 2 is 2.09 bits per heavy atom. The largest absolute Gasteiger partial charge is 0.453 e. The van der Waals surface area contributed by atoms with Gasteiger partial charge >= 0.3 is 6.18 Å². The van der Waals surface area contributed by atoms with E-state index < -0.39 is 18.2 Å². The minimum absolute atomic E-state index is 0.109. The first-order valence-electron chi connectivity index (χ1n) is 6.94. The number of ether oxygens (including phenoxy) is 1. The summed E-state index contributed by atoms with van der Waals surface area (Å²) in [6, 6.07) is 3.14. The van der Waals surface area contributed by atoms with Gasteiger partial charge in [-0.3, -0.25) is 4.79 Å². The number of piperidine rings is 1. The maximum atomic E-state index is 12.5. The van der Waals surface area contributed by atoms with Crippen LogP contribution in [0.1, 0.15) is 29.2 Å². The standard InChI is InChI=1S/C14H18F3NO4/c1-21-8-10-2-3-11(22-10)13(20)18-6-4-9(5-7-18)12(19)14(15,16)17/h2-3,9,12,19H,4-8H2,1H3. The number of hydrogen-bond acceptors (Lipinski definition) is 4. The average molecular weight is 321 g/mol. The van der Waals surface area contributed by atoms with Crippen LogP contribution in [0.3, 0.4) is 0 Å². The van der Waals surface area contributed by atoms with Gasteiger partial charge in [-0.15, -0.1) is 0 Å². The molecule has 1 aliphatic heterocycles. The zero-order valence-electron chi connectivity index (χ0n) is 12.1. The van der Waals surface area contributed by atoms with Crippen molar-refractivity contribution in [2.75, 3.05) is 20.2 Å². The number of rotatable bonds is 4. The molecule has 0 aliphatic carbocycles. The van der Waals surface area contributed by atoms with E-state index in [0.29, 0.717) is 5.76 Å². The molecule has 0 saturated carbocycles. The number of aliphatic hydroxyl groups excluding tert-OH is 1. The van der Waals surface area contributed by atoms with Gasteiger partial charge in [0.2, 0.25) is 0 Å². The second-order valence-corrected chi connectivity index (χ2v) is 5.32. The van der Waals surface area contributed by atoms with Gasteiger partial charge in [-0.1, -0.05) is 0 Å². The van der Waals surface area contributed by atoms with Gasteiger partial charge in [0.25, 0.3) is 5.91 Å². The first kappa shape index (κ1) is 16.8. The normalized spacial score (nSPS) is 18.5. The van der Waals surface area contributed by atoms with E-state index in [-0.39, 0.29) is 44.2 Å². The fraction of sp³-hybridized carbons (Fsp3) is 0.643. The number of nitrogens with zero attached hydrogens (tertiary/aromatic N) is 1. The molecule has 0 spiro atoms. The van der Waals surface area contributed by atoms with Crippen LogP contribution in [0, 0.1) is 5.92 Å². The number of amides is 1.